The van der Waals surface area contributed by atoms with E-state index in [0.717, 1.165) is 11.1 Å². The molecular weight excluding hydrogens is 658 g/mol. The number of benzene rings is 4. The summed E-state index contributed by atoms with van der Waals surface area (Å²) in [6, 6.07) is 19.5. The molecule has 0 amide bonds. The van der Waals surface area contributed by atoms with Gasteiger partial charge >= 0.3 is 0 Å². The van der Waals surface area contributed by atoms with E-state index in [0.29, 0.717) is 42.4 Å². The number of carbonyl (C=O) groups is 1. The van der Waals surface area contributed by atoms with E-state index in [1.165, 1.54) is 19.1 Å². The number of nitrogens with zero attached hydrogens (tertiary/aromatic N) is 4. The molecule has 0 aliphatic rings. The molecule has 208 valence electrons. The fraction of sp³-hybridized carbons (Fsp3) is 0.129. The largest absolute Gasteiger partial charge is 0.386 e. The zero-order valence-electron chi connectivity index (χ0n) is 24.1. The third-order valence-corrected chi connectivity index (χ3v) is 7.62. The number of carbonyl (C=O) groups excluding carboxylic acids is 1. The second-order valence-corrected chi connectivity index (χ2v) is 11.5. The highest BCUT2D eigenvalue weighted by Crippen LogP contribution is 2.27. The number of halogens is 4. The van der Waals surface area contributed by atoms with Crippen LogP contribution in [0, 0.1) is 11.6 Å². The molecule has 0 radical (unpaired) electrons. The van der Waals surface area contributed by atoms with Crippen molar-refractivity contribution in [1.29, 1.82) is 0 Å². The molecule has 0 bridgehead atoms. The van der Waals surface area contributed by atoms with Crippen molar-refractivity contribution < 1.29 is 21.4 Å². The number of fused-ring (bicyclic) bond motifs is 2. The molecule has 2 aromatic heterocycles. The highest BCUT2D eigenvalue weighted by atomic mass is 79.9. The number of imidazole rings is 2. The van der Waals surface area contributed by atoms with E-state index in [9.17, 15) is 18.7 Å². The summed E-state index contributed by atoms with van der Waals surface area (Å²) in [5.74, 6) is -0.778. The minimum atomic E-state index is -0.973. The summed E-state index contributed by atoms with van der Waals surface area (Å²) in [5.41, 5.74) is 4.19. The topological polar surface area (TPSA) is 72.9 Å². The van der Waals surface area contributed by atoms with Crippen LogP contribution in [0.15, 0.2) is 94.3 Å². The van der Waals surface area contributed by atoms with Gasteiger partial charge in [-0.3, -0.25) is 13.9 Å². The molecular formula is C31H24Br2F2N4O2. The van der Waals surface area contributed by atoms with Crippen LogP contribution < -0.4 is 0 Å². The zero-order valence-corrected chi connectivity index (χ0v) is 25.3. The molecule has 0 spiro atoms. The van der Waals surface area contributed by atoms with Crippen molar-refractivity contribution in [1.82, 2.24) is 19.1 Å². The zero-order chi connectivity index (χ0) is 31.2. The lowest BCUT2D eigenvalue weighted by Gasteiger charge is -2.17. The number of Topliss-reactive ketones (excluding diaryl/α,β-unsaturated/α-hetero) is 1. The lowest BCUT2D eigenvalue weighted by Crippen LogP contribution is -2.15. The van der Waals surface area contributed by atoms with Crippen LogP contribution in [0.1, 0.15) is 39.4 Å². The quantitative estimate of drug-likeness (QED) is 0.190. The highest BCUT2D eigenvalue weighted by molar-refractivity contribution is 9.10. The first-order chi connectivity index (χ1) is 20.2. The SMILES string of the molecule is [2H]c1nc2cc(C(C)(C)O)ccc2n1-c1ccc(F)c(Br)c1.[2H]c1nc2cc(C(C)=O)ccc2n1-c1ccc(F)c(Br)c1. The third-order valence-electron chi connectivity index (χ3n) is 6.41. The summed E-state index contributed by atoms with van der Waals surface area (Å²) in [7, 11) is 0. The van der Waals surface area contributed by atoms with E-state index in [-0.39, 0.29) is 30.0 Å². The smallest absolute Gasteiger partial charge is 0.159 e. The Bertz CT molecular complexity index is 2040. The maximum Gasteiger partial charge on any atom is 0.159 e. The molecule has 0 atom stereocenters. The second-order valence-electron chi connectivity index (χ2n) is 9.81. The predicted octanol–water partition coefficient (Wildman–Crippen LogP) is 8.28. The molecule has 4 aromatic carbocycles. The molecule has 0 fully saturated rings. The molecule has 0 saturated carbocycles. The highest BCUT2D eigenvalue weighted by Gasteiger charge is 2.17. The Kier molecular flexibility index (Phi) is 7.20. The van der Waals surface area contributed by atoms with Gasteiger partial charge in [-0.2, -0.15) is 0 Å². The molecule has 0 aliphatic heterocycles. The summed E-state index contributed by atoms with van der Waals surface area (Å²) in [5, 5.41) is 10.1. The molecule has 2 heterocycles. The van der Waals surface area contributed by atoms with Gasteiger partial charge in [0.05, 0.1) is 36.6 Å². The van der Waals surface area contributed by atoms with Crippen LogP contribution in [-0.4, -0.2) is 30.0 Å². The summed E-state index contributed by atoms with van der Waals surface area (Å²) >= 11 is 6.29. The summed E-state index contributed by atoms with van der Waals surface area (Å²) < 4.78 is 46.7. The Morgan fingerprint density at radius 1 is 0.805 bits per heavy atom. The van der Waals surface area contributed by atoms with Crippen LogP contribution in [-0.2, 0) is 5.60 Å². The van der Waals surface area contributed by atoms with Crippen LogP contribution in [0.3, 0.4) is 0 Å². The molecule has 10 heteroatoms. The van der Waals surface area contributed by atoms with Crippen LogP contribution >= 0.6 is 31.9 Å². The minimum absolute atomic E-state index is 0.0317. The van der Waals surface area contributed by atoms with Gasteiger partial charge in [0.15, 0.2) is 5.78 Å². The van der Waals surface area contributed by atoms with E-state index < -0.39 is 5.60 Å². The molecule has 0 unspecified atom stereocenters. The molecule has 0 aliphatic carbocycles. The Morgan fingerprint density at radius 3 is 1.76 bits per heavy atom. The first-order valence-corrected chi connectivity index (χ1v) is 14.0. The van der Waals surface area contributed by atoms with Crippen molar-refractivity contribution in [2.24, 2.45) is 0 Å². The molecule has 6 nitrogen and oxygen atoms in total. The normalized spacial score (nSPS) is 12.2. The number of hydrogen-bond acceptors (Lipinski definition) is 4. The van der Waals surface area contributed by atoms with Gasteiger partial charge in [0, 0.05) is 16.9 Å². The van der Waals surface area contributed by atoms with Crippen molar-refractivity contribution in [3.8, 4) is 11.4 Å². The van der Waals surface area contributed by atoms with Crippen molar-refractivity contribution in [2.45, 2.75) is 26.4 Å². The Morgan fingerprint density at radius 2 is 1.29 bits per heavy atom. The van der Waals surface area contributed by atoms with Gasteiger partial charge in [-0.25, -0.2) is 18.7 Å². The second kappa shape index (κ2) is 11.3. The lowest BCUT2D eigenvalue weighted by atomic mass is 9.98. The first kappa shape index (κ1) is 26.2. The van der Waals surface area contributed by atoms with Crippen LogP contribution in [0.25, 0.3) is 33.4 Å². The van der Waals surface area contributed by atoms with E-state index in [1.54, 1.807) is 77.6 Å². The van der Waals surface area contributed by atoms with Gasteiger partial charge in [0.1, 0.15) is 27.0 Å². The van der Waals surface area contributed by atoms with Crippen molar-refractivity contribution >= 4 is 59.7 Å². The van der Waals surface area contributed by atoms with Gasteiger partial charge < -0.3 is 5.11 Å². The van der Waals surface area contributed by atoms with E-state index in [4.69, 9.17) is 2.74 Å². The predicted molar refractivity (Wildman–Crippen MR) is 163 cm³/mol. The number of ketones is 1. The van der Waals surface area contributed by atoms with Crippen LogP contribution in [0.5, 0.6) is 0 Å². The molecule has 0 saturated heterocycles. The van der Waals surface area contributed by atoms with Crippen LogP contribution in [0.2, 0.25) is 0 Å². The van der Waals surface area contributed by atoms with Gasteiger partial charge in [-0.15, -0.1) is 0 Å². The average molecular weight is 684 g/mol. The molecule has 1 N–H and O–H groups in total. The Labute approximate surface area is 254 Å². The first-order valence-electron chi connectivity index (χ1n) is 13.4. The number of aliphatic hydroxyl groups is 1. The van der Waals surface area contributed by atoms with Crippen LogP contribution in [0.4, 0.5) is 8.78 Å². The number of rotatable bonds is 4. The van der Waals surface area contributed by atoms with E-state index in [1.807, 2.05) is 6.07 Å². The van der Waals surface area contributed by atoms with Gasteiger partial charge in [-0.1, -0.05) is 6.07 Å². The molecule has 6 aromatic rings. The summed E-state index contributed by atoms with van der Waals surface area (Å²) in [4.78, 5) is 19.8. The molecule has 6 rings (SSSR count). The van der Waals surface area contributed by atoms with Gasteiger partial charge in [0.2, 0.25) is 0 Å². The lowest BCUT2D eigenvalue weighted by molar-refractivity contribution is 0.0787. The van der Waals surface area contributed by atoms with Crippen molar-refractivity contribution in [2.75, 3.05) is 0 Å². The fourth-order valence-corrected chi connectivity index (χ4v) is 4.89. The summed E-state index contributed by atoms with van der Waals surface area (Å²) in [6.45, 7) is 4.88. The van der Waals surface area contributed by atoms with Crippen molar-refractivity contribution in [3.05, 3.63) is 117 Å². The van der Waals surface area contributed by atoms with Gasteiger partial charge in [-0.05, 0) is 125 Å². The Balaban J connectivity index is 0.000000171. The number of aromatic nitrogens is 4. The molecule has 41 heavy (non-hydrogen) atoms. The van der Waals surface area contributed by atoms with E-state index >= 15 is 0 Å². The third kappa shape index (κ3) is 6.00. The summed E-state index contributed by atoms with van der Waals surface area (Å²) in [6.07, 6.45) is 0.0885. The van der Waals surface area contributed by atoms with Crippen molar-refractivity contribution in [3.63, 3.8) is 0 Å². The van der Waals surface area contributed by atoms with E-state index in [2.05, 4.69) is 41.8 Å². The minimum Gasteiger partial charge on any atom is -0.386 e. The monoisotopic (exact) mass is 682 g/mol. The standard InChI is InChI=1S/C16H14BrFN2O.C15H10BrFN2O/c1-16(2,21)10-3-6-15-14(7-10)19-9-20(15)11-4-5-13(18)12(17)8-11;1-9(20)10-2-5-15-14(6-10)18-8-19(15)11-3-4-13(17)12(16)7-11/h3-9,21H,1-2H3;2-8H,1H3/i9D;8D. The van der Waals surface area contributed by atoms with Gasteiger partial charge in [0.25, 0.3) is 0 Å². The Hall–Kier alpha value is -3.73. The maximum absolute atomic E-state index is 13.4. The maximum atomic E-state index is 13.4. The number of hydrogen-bond donors (Lipinski definition) is 1. The average Bonchev–Trinajstić information content (AvgIpc) is 3.45. The fourth-order valence-electron chi connectivity index (χ4n) is 4.16.